The molecule has 1 aliphatic rings. The fourth-order valence-electron chi connectivity index (χ4n) is 2.89. The molecule has 2 rings (SSSR count). The Balaban J connectivity index is 1.96. The second-order valence-corrected chi connectivity index (χ2v) is 7.87. The Labute approximate surface area is 163 Å². The smallest absolute Gasteiger partial charge is 0.240 e. The summed E-state index contributed by atoms with van der Waals surface area (Å²) in [4.78, 5) is 21.0. The SMILES string of the molecule is CCNC(=NCc1ccc(N2CC=CC2)cc1)N(C)CC(=O)NC(C)(C)C. The van der Waals surface area contributed by atoms with Gasteiger partial charge in [-0.25, -0.2) is 4.99 Å². The molecule has 1 aromatic carbocycles. The molecule has 6 heteroatoms. The first-order valence-electron chi connectivity index (χ1n) is 9.58. The van der Waals surface area contributed by atoms with E-state index >= 15 is 0 Å². The molecule has 0 aliphatic carbocycles. The second kappa shape index (κ2) is 9.44. The van der Waals surface area contributed by atoms with E-state index in [-0.39, 0.29) is 18.0 Å². The number of anilines is 1. The van der Waals surface area contributed by atoms with Gasteiger partial charge in [0.15, 0.2) is 5.96 Å². The van der Waals surface area contributed by atoms with E-state index < -0.39 is 0 Å². The van der Waals surface area contributed by atoms with Gasteiger partial charge in [-0.15, -0.1) is 0 Å². The van der Waals surface area contributed by atoms with Crippen molar-refractivity contribution in [3.8, 4) is 0 Å². The molecule has 0 fully saturated rings. The number of hydrogen-bond donors (Lipinski definition) is 2. The van der Waals surface area contributed by atoms with Gasteiger partial charge in [-0.3, -0.25) is 4.79 Å². The highest BCUT2D eigenvalue weighted by molar-refractivity contribution is 5.86. The maximum atomic E-state index is 12.2. The topological polar surface area (TPSA) is 60.0 Å². The Morgan fingerprint density at radius 1 is 1.19 bits per heavy atom. The molecule has 0 saturated heterocycles. The van der Waals surface area contributed by atoms with E-state index in [2.05, 4.69) is 56.9 Å². The normalized spacial score (nSPS) is 14.4. The van der Waals surface area contributed by atoms with E-state index in [1.165, 1.54) is 5.69 Å². The second-order valence-electron chi connectivity index (χ2n) is 7.87. The molecule has 0 aromatic heterocycles. The highest BCUT2D eigenvalue weighted by Crippen LogP contribution is 2.18. The Kier molecular flexibility index (Phi) is 7.28. The summed E-state index contributed by atoms with van der Waals surface area (Å²) in [6.45, 7) is 11.5. The van der Waals surface area contributed by atoms with Crippen molar-refractivity contribution in [3.63, 3.8) is 0 Å². The van der Waals surface area contributed by atoms with Crippen LogP contribution in [0.5, 0.6) is 0 Å². The molecule has 27 heavy (non-hydrogen) atoms. The van der Waals surface area contributed by atoms with Crippen LogP contribution in [-0.4, -0.2) is 55.5 Å². The first-order chi connectivity index (χ1) is 12.8. The van der Waals surface area contributed by atoms with E-state index in [0.29, 0.717) is 6.54 Å². The summed E-state index contributed by atoms with van der Waals surface area (Å²) in [5.41, 5.74) is 2.14. The van der Waals surface area contributed by atoms with E-state index in [0.717, 1.165) is 31.2 Å². The van der Waals surface area contributed by atoms with Gasteiger partial charge in [0, 0.05) is 37.9 Å². The molecule has 6 nitrogen and oxygen atoms in total. The summed E-state index contributed by atoms with van der Waals surface area (Å²) >= 11 is 0. The molecule has 0 atom stereocenters. The molecule has 1 aliphatic heterocycles. The number of nitrogens with one attached hydrogen (secondary N) is 2. The minimum atomic E-state index is -0.236. The monoisotopic (exact) mass is 371 g/mol. The summed E-state index contributed by atoms with van der Waals surface area (Å²) in [6, 6.07) is 8.52. The molecule has 1 heterocycles. The van der Waals surface area contributed by atoms with Crippen LogP contribution in [0.25, 0.3) is 0 Å². The number of nitrogens with zero attached hydrogens (tertiary/aromatic N) is 3. The van der Waals surface area contributed by atoms with Gasteiger partial charge in [0.25, 0.3) is 0 Å². The van der Waals surface area contributed by atoms with Crippen LogP contribution in [0, 0.1) is 0 Å². The summed E-state index contributed by atoms with van der Waals surface area (Å²) < 4.78 is 0. The Morgan fingerprint density at radius 3 is 2.37 bits per heavy atom. The molecule has 1 amide bonds. The van der Waals surface area contributed by atoms with Crippen molar-refractivity contribution in [3.05, 3.63) is 42.0 Å². The number of rotatable bonds is 6. The molecule has 0 bridgehead atoms. The van der Waals surface area contributed by atoms with Crippen LogP contribution in [0.15, 0.2) is 41.4 Å². The van der Waals surface area contributed by atoms with E-state index in [4.69, 9.17) is 0 Å². The van der Waals surface area contributed by atoms with Crippen LogP contribution in [-0.2, 0) is 11.3 Å². The lowest BCUT2D eigenvalue weighted by molar-refractivity contribution is -0.122. The molecule has 0 unspecified atom stereocenters. The number of aliphatic imine (C=N–C) groups is 1. The first kappa shape index (κ1) is 20.8. The van der Waals surface area contributed by atoms with Crippen molar-refractivity contribution in [2.75, 3.05) is 38.1 Å². The molecular weight excluding hydrogens is 338 g/mol. The predicted octanol–water partition coefficient (Wildman–Crippen LogP) is 2.37. The van der Waals surface area contributed by atoms with Crippen LogP contribution in [0.1, 0.15) is 33.3 Å². The van der Waals surface area contributed by atoms with Gasteiger partial charge in [0.05, 0.1) is 13.1 Å². The van der Waals surface area contributed by atoms with Gasteiger partial charge in [-0.1, -0.05) is 24.3 Å². The third kappa shape index (κ3) is 6.96. The van der Waals surface area contributed by atoms with Gasteiger partial charge in [0.1, 0.15) is 0 Å². The zero-order valence-electron chi connectivity index (χ0n) is 17.2. The van der Waals surface area contributed by atoms with E-state index in [9.17, 15) is 4.79 Å². The predicted molar refractivity (Wildman–Crippen MR) is 113 cm³/mol. The van der Waals surface area contributed by atoms with Crippen molar-refractivity contribution in [1.82, 2.24) is 15.5 Å². The molecule has 2 N–H and O–H groups in total. The van der Waals surface area contributed by atoms with Crippen molar-refractivity contribution < 1.29 is 4.79 Å². The van der Waals surface area contributed by atoms with Crippen LogP contribution in [0.2, 0.25) is 0 Å². The van der Waals surface area contributed by atoms with Crippen molar-refractivity contribution in [2.24, 2.45) is 4.99 Å². The number of carbonyl (C=O) groups excluding carboxylic acids is 1. The zero-order valence-corrected chi connectivity index (χ0v) is 17.2. The number of amides is 1. The Hall–Kier alpha value is -2.50. The molecule has 1 aromatic rings. The fraction of sp³-hybridized carbons (Fsp3) is 0.524. The molecular formula is C21H33N5O. The van der Waals surface area contributed by atoms with Crippen molar-refractivity contribution >= 4 is 17.6 Å². The minimum Gasteiger partial charge on any atom is -0.364 e. The zero-order chi connectivity index (χ0) is 19.9. The van der Waals surface area contributed by atoms with Crippen molar-refractivity contribution in [2.45, 2.75) is 39.8 Å². The highest BCUT2D eigenvalue weighted by atomic mass is 16.2. The fourth-order valence-corrected chi connectivity index (χ4v) is 2.89. The van der Waals surface area contributed by atoms with Crippen LogP contribution in [0.4, 0.5) is 5.69 Å². The molecule has 0 saturated carbocycles. The van der Waals surface area contributed by atoms with Crippen LogP contribution in [0.3, 0.4) is 0 Å². The molecule has 148 valence electrons. The molecule has 0 radical (unpaired) electrons. The maximum Gasteiger partial charge on any atom is 0.240 e. The lowest BCUT2D eigenvalue weighted by Crippen LogP contribution is -2.48. The highest BCUT2D eigenvalue weighted by Gasteiger charge is 2.16. The van der Waals surface area contributed by atoms with Crippen molar-refractivity contribution in [1.29, 1.82) is 0 Å². The van der Waals surface area contributed by atoms with Crippen LogP contribution < -0.4 is 15.5 Å². The average molecular weight is 372 g/mol. The standard InChI is InChI=1S/C21H33N5O/c1-6-22-20(25(5)16-19(27)24-21(2,3)4)23-15-17-9-11-18(12-10-17)26-13-7-8-14-26/h7-12H,6,13-16H2,1-5H3,(H,22,23)(H,24,27). The summed E-state index contributed by atoms with van der Waals surface area (Å²) in [7, 11) is 1.88. The summed E-state index contributed by atoms with van der Waals surface area (Å²) in [5, 5.41) is 6.24. The van der Waals surface area contributed by atoms with Gasteiger partial charge in [0.2, 0.25) is 5.91 Å². The summed E-state index contributed by atoms with van der Waals surface area (Å²) in [5.74, 6) is 0.716. The van der Waals surface area contributed by atoms with Gasteiger partial charge >= 0.3 is 0 Å². The van der Waals surface area contributed by atoms with Gasteiger partial charge < -0.3 is 20.4 Å². The maximum absolute atomic E-state index is 12.2. The third-order valence-corrected chi connectivity index (χ3v) is 4.12. The summed E-state index contributed by atoms with van der Waals surface area (Å²) in [6.07, 6.45) is 4.37. The average Bonchev–Trinajstić information content (AvgIpc) is 3.11. The van der Waals surface area contributed by atoms with E-state index in [1.54, 1.807) is 0 Å². The van der Waals surface area contributed by atoms with Gasteiger partial charge in [-0.2, -0.15) is 0 Å². The lowest BCUT2D eigenvalue weighted by atomic mass is 10.1. The third-order valence-electron chi connectivity index (χ3n) is 4.12. The van der Waals surface area contributed by atoms with E-state index in [1.807, 2.05) is 39.6 Å². The number of carbonyl (C=O) groups is 1. The number of hydrogen-bond acceptors (Lipinski definition) is 3. The Bertz CT molecular complexity index is 665. The largest absolute Gasteiger partial charge is 0.364 e. The molecule has 0 spiro atoms. The number of benzene rings is 1. The first-order valence-corrected chi connectivity index (χ1v) is 9.58. The number of guanidine groups is 1. The quantitative estimate of drug-likeness (QED) is 0.458. The lowest BCUT2D eigenvalue weighted by Gasteiger charge is -2.25. The Morgan fingerprint density at radius 2 is 1.81 bits per heavy atom. The van der Waals surface area contributed by atoms with Crippen LogP contribution >= 0.6 is 0 Å². The number of likely N-dealkylation sites (N-methyl/N-ethyl adjacent to an activating group) is 1. The minimum absolute atomic E-state index is 0.0146. The van der Waals surface area contributed by atoms with Gasteiger partial charge in [-0.05, 0) is 45.4 Å².